The van der Waals surface area contributed by atoms with E-state index in [2.05, 4.69) is 26.9 Å². The Kier molecular flexibility index (Phi) is 3.40. The molecule has 0 spiro atoms. The van der Waals surface area contributed by atoms with E-state index < -0.39 is 0 Å². The molecule has 3 heterocycles. The molecule has 0 amide bonds. The molecule has 0 fully saturated rings. The quantitative estimate of drug-likeness (QED) is 0.590. The number of halogens is 1. The van der Waals surface area contributed by atoms with Gasteiger partial charge in [0.2, 0.25) is 0 Å². The molecule has 3 rings (SSSR count). The molecule has 0 radical (unpaired) electrons. The average Bonchev–Trinajstić information content (AvgIpc) is 2.83. The van der Waals surface area contributed by atoms with Crippen LogP contribution in [0.15, 0.2) is 40.6 Å². The molecule has 0 aliphatic carbocycles. The van der Waals surface area contributed by atoms with Crippen LogP contribution in [-0.4, -0.2) is 19.9 Å². The number of hydrogen-bond acceptors (Lipinski definition) is 4. The topological polar surface area (TPSA) is 54.5 Å². The average molecular weight is 291 g/mol. The zero-order chi connectivity index (χ0) is 13.2. The third-order valence-electron chi connectivity index (χ3n) is 2.70. The summed E-state index contributed by atoms with van der Waals surface area (Å²) in [7, 11) is 0. The summed E-state index contributed by atoms with van der Waals surface area (Å²) in [5.41, 5.74) is 1.89. The van der Waals surface area contributed by atoms with Crippen molar-refractivity contribution in [2.45, 2.75) is 23.4 Å². The molecule has 0 aliphatic heterocycles. The van der Waals surface area contributed by atoms with Crippen molar-refractivity contribution in [1.82, 2.24) is 19.9 Å². The smallest absolute Gasteiger partial charge is 0.195 e. The Morgan fingerprint density at radius 2 is 2.26 bits per heavy atom. The highest BCUT2D eigenvalue weighted by Crippen LogP contribution is 2.28. The minimum Gasteiger partial charge on any atom is -0.343 e. The SMILES string of the molecule is CCc1cc2c(Cl)nc(Sc3cccnc3)nc2[nH]1. The maximum atomic E-state index is 6.20. The highest BCUT2D eigenvalue weighted by molar-refractivity contribution is 7.99. The first-order valence-corrected chi connectivity index (χ1v) is 7.08. The van der Waals surface area contributed by atoms with Crippen LogP contribution in [0.25, 0.3) is 11.0 Å². The van der Waals surface area contributed by atoms with E-state index in [1.54, 1.807) is 12.4 Å². The first-order valence-electron chi connectivity index (χ1n) is 5.89. The third kappa shape index (κ3) is 2.57. The van der Waals surface area contributed by atoms with Crippen molar-refractivity contribution in [1.29, 1.82) is 0 Å². The van der Waals surface area contributed by atoms with Crippen LogP contribution in [0.1, 0.15) is 12.6 Å². The Morgan fingerprint density at radius 1 is 1.37 bits per heavy atom. The molecule has 0 saturated heterocycles. The summed E-state index contributed by atoms with van der Waals surface area (Å²) in [6, 6.07) is 5.84. The second-order valence-electron chi connectivity index (χ2n) is 4.00. The van der Waals surface area contributed by atoms with Crippen LogP contribution < -0.4 is 0 Å². The molecule has 19 heavy (non-hydrogen) atoms. The van der Waals surface area contributed by atoms with E-state index in [4.69, 9.17) is 11.6 Å². The lowest BCUT2D eigenvalue weighted by atomic mass is 10.3. The zero-order valence-corrected chi connectivity index (χ0v) is 11.8. The van der Waals surface area contributed by atoms with Gasteiger partial charge < -0.3 is 4.98 Å². The molecule has 0 atom stereocenters. The van der Waals surface area contributed by atoms with Crippen LogP contribution in [-0.2, 0) is 6.42 Å². The molecule has 1 N–H and O–H groups in total. The van der Waals surface area contributed by atoms with E-state index in [1.165, 1.54) is 11.8 Å². The van der Waals surface area contributed by atoms with Gasteiger partial charge in [0, 0.05) is 23.0 Å². The lowest BCUT2D eigenvalue weighted by Crippen LogP contribution is -1.89. The fourth-order valence-corrected chi connectivity index (χ4v) is 2.78. The summed E-state index contributed by atoms with van der Waals surface area (Å²) in [5, 5.41) is 1.97. The molecular formula is C13H11ClN4S. The van der Waals surface area contributed by atoms with Gasteiger partial charge in [-0.25, -0.2) is 9.97 Å². The van der Waals surface area contributed by atoms with Crippen molar-refractivity contribution in [3.8, 4) is 0 Å². The molecule has 4 nitrogen and oxygen atoms in total. The van der Waals surface area contributed by atoms with Crippen molar-refractivity contribution >= 4 is 34.4 Å². The van der Waals surface area contributed by atoms with Gasteiger partial charge in [0.05, 0.1) is 5.39 Å². The van der Waals surface area contributed by atoms with Gasteiger partial charge in [-0.2, -0.15) is 0 Å². The second-order valence-corrected chi connectivity index (χ2v) is 5.40. The summed E-state index contributed by atoms with van der Waals surface area (Å²) in [5.74, 6) is 0. The second kappa shape index (κ2) is 5.19. The number of hydrogen-bond donors (Lipinski definition) is 1. The van der Waals surface area contributed by atoms with E-state index in [0.717, 1.165) is 28.0 Å². The molecule has 96 valence electrons. The number of H-pyrrole nitrogens is 1. The van der Waals surface area contributed by atoms with E-state index in [1.807, 2.05) is 18.2 Å². The van der Waals surface area contributed by atoms with E-state index in [-0.39, 0.29) is 0 Å². The number of pyridine rings is 1. The Morgan fingerprint density at radius 3 is 3.00 bits per heavy atom. The van der Waals surface area contributed by atoms with Crippen molar-refractivity contribution in [2.75, 3.05) is 0 Å². The molecule has 6 heteroatoms. The first kappa shape index (κ1) is 12.4. The number of aromatic nitrogens is 4. The monoisotopic (exact) mass is 290 g/mol. The van der Waals surface area contributed by atoms with Gasteiger partial charge >= 0.3 is 0 Å². The van der Waals surface area contributed by atoms with Crippen LogP contribution in [0.2, 0.25) is 5.15 Å². The van der Waals surface area contributed by atoms with Gasteiger partial charge in [-0.15, -0.1) is 0 Å². The number of fused-ring (bicyclic) bond motifs is 1. The van der Waals surface area contributed by atoms with Crippen LogP contribution in [0.4, 0.5) is 0 Å². The highest BCUT2D eigenvalue weighted by Gasteiger charge is 2.10. The maximum absolute atomic E-state index is 6.20. The van der Waals surface area contributed by atoms with Crippen molar-refractivity contribution in [3.05, 3.63) is 41.4 Å². The van der Waals surface area contributed by atoms with Gasteiger partial charge in [-0.3, -0.25) is 4.98 Å². The molecule has 3 aromatic rings. The summed E-state index contributed by atoms with van der Waals surface area (Å²) >= 11 is 7.64. The van der Waals surface area contributed by atoms with Gasteiger partial charge in [-0.1, -0.05) is 18.5 Å². The Balaban J connectivity index is 2.01. The molecule has 0 unspecified atom stereocenters. The zero-order valence-electron chi connectivity index (χ0n) is 10.2. The largest absolute Gasteiger partial charge is 0.343 e. The summed E-state index contributed by atoms with van der Waals surface area (Å²) in [6.07, 6.45) is 4.43. The molecule has 0 saturated carbocycles. The minimum absolute atomic E-state index is 0.479. The highest BCUT2D eigenvalue weighted by atomic mass is 35.5. The molecule has 0 aromatic carbocycles. The van der Waals surface area contributed by atoms with Crippen LogP contribution in [0, 0.1) is 0 Å². The van der Waals surface area contributed by atoms with Gasteiger partial charge in [0.25, 0.3) is 0 Å². The van der Waals surface area contributed by atoms with E-state index >= 15 is 0 Å². The number of aromatic amines is 1. The van der Waals surface area contributed by atoms with Crippen LogP contribution >= 0.6 is 23.4 Å². The predicted octanol–water partition coefficient (Wildman–Crippen LogP) is 3.72. The van der Waals surface area contributed by atoms with E-state index in [9.17, 15) is 0 Å². The van der Waals surface area contributed by atoms with Crippen LogP contribution in [0.3, 0.4) is 0 Å². The summed E-state index contributed by atoms with van der Waals surface area (Å²) < 4.78 is 0. The summed E-state index contributed by atoms with van der Waals surface area (Å²) in [4.78, 5) is 17.1. The Hall–Kier alpha value is -1.59. The van der Waals surface area contributed by atoms with Gasteiger partial charge in [-0.05, 0) is 36.4 Å². The van der Waals surface area contributed by atoms with Crippen LogP contribution in [0.5, 0.6) is 0 Å². The fraction of sp³-hybridized carbons (Fsp3) is 0.154. The number of nitrogens with one attached hydrogen (secondary N) is 1. The minimum atomic E-state index is 0.479. The maximum Gasteiger partial charge on any atom is 0.195 e. The number of aryl methyl sites for hydroxylation is 1. The normalized spacial score (nSPS) is 11.1. The fourth-order valence-electron chi connectivity index (χ4n) is 1.76. The van der Waals surface area contributed by atoms with E-state index in [0.29, 0.717) is 10.3 Å². The predicted molar refractivity (Wildman–Crippen MR) is 76.6 cm³/mol. The summed E-state index contributed by atoms with van der Waals surface area (Å²) in [6.45, 7) is 2.08. The number of nitrogens with zero attached hydrogens (tertiary/aromatic N) is 3. The van der Waals surface area contributed by atoms with Crippen molar-refractivity contribution < 1.29 is 0 Å². The Bertz CT molecular complexity index is 711. The number of rotatable bonds is 3. The lowest BCUT2D eigenvalue weighted by Gasteiger charge is -2.00. The van der Waals surface area contributed by atoms with Gasteiger partial charge in [0.1, 0.15) is 10.8 Å². The molecule has 0 bridgehead atoms. The van der Waals surface area contributed by atoms with Crippen molar-refractivity contribution in [3.63, 3.8) is 0 Å². The first-order chi connectivity index (χ1) is 9.26. The Labute approximate surface area is 119 Å². The van der Waals surface area contributed by atoms with Crippen molar-refractivity contribution in [2.24, 2.45) is 0 Å². The lowest BCUT2D eigenvalue weighted by molar-refractivity contribution is 0.985. The molecular weight excluding hydrogens is 280 g/mol. The standard InChI is InChI=1S/C13H11ClN4S/c1-2-8-6-10-11(14)17-13(18-12(10)16-8)19-9-4-3-5-15-7-9/h3-7H,2H2,1H3,(H,16,17,18). The molecule has 0 aliphatic rings. The van der Waals surface area contributed by atoms with Gasteiger partial charge in [0.15, 0.2) is 5.16 Å². The third-order valence-corrected chi connectivity index (χ3v) is 3.83. The molecule has 3 aromatic heterocycles.